The Kier molecular flexibility index (Phi) is 3.23. The number of rotatable bonds is 2. The van der Waals surface area contributed by atoms with Gasteiger partial charge in [0.1, 0.15) is 0 Å². The average Bonchev–Trinajstić information content (AvgIpc) is 2.17. The third kappa shape index (κ3) is 2.30. The van der Waals surface area contributed by atoms with Crippen LogP contribution in [-0.4, -0.2) is 23.6 Å². The van der Waals surface area contributed by atoms with Gasteiger partial charge in [-0.2, -0.15) is 0 Å². The van der Waals surface area contributed by atoms with Crippen LogP contribution in [0.2, 0.25) is 0 Å². The Morgan fingerprint density at radius 2 is 1.73 bits per heavy atom. The normalized spacial score (nSPS) is 11.2. The molecule has 2 rings (SSSR count). The molecular weight excluding hydrogens is 215 g/mol. The second-order valence-corrected chi connectivity index (χ2v) is 7.07. The van der Waals surface area contributed by atoms with Gasteiger partial charge in [0.05, 0.1) is 10.2 Å². The molecule has 0 heterocycles. The minimum absolute atomic E-state index is 0.116. The minimum atomic E-state index is 0.116. The van der Waals surface area contributed by atoms with Gasteiger partial charge < -0.3 is 0 Å². The minimum Gasteiger partial charge on any atom is -0.109 e. The lowest BCUT2D eigenvalue weighted by Gasteiger charge is -2.11. The molecule has 75 valence electrons. The summed E-state index contributed by atoms with van der Waals surface area (Å²) in [6, 6.07) is 13.0. The lowest BCUT2D eigenvalue weighted by atomic mass is 10.1. The first-order valence-electron chi connectivity index (χ1n) is 5.05. The molecule has 2 heteroatoms. The van der Waals surface area contributed by atoms with Crippen LogP contribution in [0.4, 0.5) is 0 Å². The standard InChI is InChI=1S/C13H14PSi/c1-14(2)9-11-7-3-5-10-6-4-8-12(15)13(10)11/h3-8H,9H2,1-2H3. The monoisotopic (exact) mass is 229 g/mol. The maximum atomic E-state index is 3.70. The topological polar surface area (TPSA) is 0 Å². The first kappa shape index (κ1) is 10.9. The molecule has 0 amide bonds. The molecule has 0 saturated carbocycles. The van der Waals surface area contributed by atoms with Gasteiger partial charge in [0, 0.05) is 0 Å². The summed E-state index contributed by atoms with van der Waals surface area (Å²) in [5.41, 5.74) is 1.47. The summed E-state index contributed by atoms with van der Waals surface area (Å²) in [6.07, 6.45) is 1.20. The van der Waals surface area contributed by atoms with E-state index in [4.69, 9.17) is 0 Å². The van der Waals surface area contributed by atoms with Crippen LogP contribution in [0.25, 0.3) is 10.8 Å². The molecule has 0 unspecified atom stereocenters. The maximum absolute atomic E-state index is 3.70. The van der Waals surface area contributed by atoms with Crippen molar-refractivity contribution in [1.82, 2.24) is 0 Å². The molecule has 0 aliphatic carbocycles. The second kappa shape index (κ2) is 4.47. The molecule has 0 atom stereocenters. The Bertz CT molecular complexity index is 472. The van der Waals surface area contributed by atoms with Crippen LogP contribution in [0.3, 0.4) is 0 Å². The van der Waals surface area contributed by atoms with Crippen molar-refractivity contribution in [1.29, 1.82) is 0 Å². The molecule has 0 N–H and O–H groups in total. The van der Waals surface area contributed by atoms with Gasteiger partial charge in [0.15, 0.2) is 0 Å². The highest BCUT2D eigenvalue weighted by Gasteiger charge is 2.04. The second-order valence-electron chi connectivity index (χ2n) is 4.06. The van der Waals surface area contributed by atoms with Crippen molar-refractivity contribution in [3.05, 3.63) is 42.0 Å². The molecular formula is C13H14PSi. The van der Waals surface area contributed by atoms with Gasteiger partial charge in [-0.25, -0.2) is 0 Å². The van der Waals surface area contributed by atoms with Crippen LogP contribution < -0.4 is 5.19 Å². The molecule has 0 aromatic heterocycles. The van der Waals surface area contributed by atoms with Crippen molar-refractivity contribution < 1.29 is 0 Å². The van der Waals surface area contributed by atoms with Crippen molar-refractivity contribution in [3.63, 3.8) is 0 Å². The van der Waals surface area contributed by atoms with E-state index in [1.807, 2.05) is 0 Å². The van der Waals surface area contributed by atoms with Crippen molar-refractivity contribution >= 4 is 34.1 Å². The van der Waals surface area contributed by atoms with E-state index in [1.54, 1.807) is 0 Å². The molecule has 15 heavy (non-hydrogen) atoms. The molecule has 0 saturated heterocycles. The van der Waals surface area contributed by atoms with Gasteiger partial charge in [-0.15, -0.1) is 7.92 Å². The zero-order chi connectivity index (χ0) is 10.8. The molecule has 3 radical (unpaired) electrons. The lowest BCUT2D eigenvalue weighted by Crippen LogP contribution is -2.05. The fourth-order valence-corrected chi connectivity index (χ4v) is 3.24. The number of fused-ring (bicyclic) bond motifs is 1. The van der Waals surface area contributed by atoms with E-state index in [9.17, 15) is 0 Å². The zero-order valence-corrected chi connectivity index (χ0v) is 11.0. The van der Waals surface area contributed by atoms with Gasteiger partial charge in [-0.1, -0.05) is 41.6 Å². The molecule has 2 aromatic rings. The van der Waals surface area contributed by atoms with Crippen LogP contribution in [0.15, 0.2) is 36.4 Å². The molecule has 0 fully saturated rings. The third-order valence-corrected chi connectivity index (χ3v) is 3.87. The fraction of sp³-hybridized carbons (Fsp3) is 0.231. The van der Waals surface area contributed by atoms with Crippen LogP contribution in [0.1, 0.15) is 5.56 Å². The summed E-state index contributed by atoms with van der Waals surface area (Å²) in [5.74, 6) is 0. The molecule has 2 aromatic carbocycles. The first-order chi connectivity index (χ1) is 7.18. The predicted octanol–water partition coefficient (Wildman–Crippen LogP) is 2.88. The van der Waals surface area contributed by atoms with Crippen molar-refractivity contribution in [2.24, 2.45) is 0 Å². The molecule has 0 aliphatic rings. The van der Waals surface area contributed by atoms with Crippen molar-refractivity contribution in [3.8, 4) is 0 Å². The number of hydrogen-bond acceptors (Lipinski definition) is 0. The van der Waals surface area contributed by atoms with Gasteiger partial charge in [-0.05, 0) is 35.8 Å². The Labute approximate surface area is 95.9 Å². The molecule has 0 bridgehead atoms. The van der Waals surface area contributed by atoms with E-state index in [1.165, 1.54) is 27.7 Å². The van der Waals surface area contributed by atoms with E-state index >= 15 is 0 Å². The summed E-state index contributed by atoms with van der Waals surface area (Å²) < 4.78 is 0. The highest BCUT2D eigenvalue weighted by Crippen LogP contribution is 2.32. The number of benzene rings is 2. The smallest absolute Gasteiger partial charge is 0.0720 e. The molecule has 0 spiro atoms. The van der Waals surface area contributed by atoms with Crippen LogP contribution >= 0.6 is 7.92 Å². The van der Waals surface area contributed by atoms with E-state index in [-0.39, 0.29) is 7.92 Å². The van der Waals surface area contributed by atoms with E-state index in [2.05, 4.69) is 60.0 Å². The van der Waals surface area contributed by atoms with E-state index in [0.29, 0.717) is 0 Å². The van der Waals surface area contributed by atoms with Crippen LogP contribution in [0.5, 0.6) is 0 Å². The largest absolute Gasteiger partial charge is 0.109 e. The van der Waals surface area contributed by atoms with E-state index in [0.717, 1.165) is 0 Å². The van der Waals surface area contributed by atoms with Crippen molar-refractivity contribution in [2.45, 2.75) is 6.16 Å². The third-order valence-electron chi connectivity index (χ3n) is 2.48. The van der Waals surface area contributed by atoms with Gasteiger partial charge >= 0.3 is 0 Å². The highest BCUT2D eigenvalue weighted by atomic mass is 31.1. The van der Waals surface area contributed by atoms with Crippen LogP contribution in [0, 0.1) is 0 Å². The van der Waals surface area contributed by atoms with Crippen LogP contribution in [-0.2, 0) is 6.16 Å². The molecule has 0 nitrogen and oxygen atoms in total. The van der Waals surface area contributed by atoms with Crippen molar-refractivity contribution in [2.75, 3.05) is 13.3 Å². The SMILES string of the molecule is CP(C)Cc1cccc2cccc([Si])c12. The zero-order valence-electron chi connectivity index (χ0n) is 9.12. The fourth-order valence-electron chi connectivity index (χ4n) is 1.89. The number of hydrogen-bond donors (Lipinski definition) is 0. The maximum Gasteiger partial charge on any atom is 0.0720 e. The summed E-state index contributed by atoms with van der Waals surface area (Å²) in [7, 11) is 3.81. The highest BCUT2D eigenvalue weighted by molar-refractivity contribution is 7.55. The Hall–Kier alpha value is -0.653. The van der Waals surface area contributed by atoms with E-state index < -0.39 is 0 Å². The Balaban J connectivity index is 2.63. The summed E-state index contributed by atoms with van der Waals surface area (Å²) in [6.45, 7) is 4.65. The summed E-state index contributed by atoms with van der Waals surface area (Å²) >= 11 is 0. The Morgan fingerprint density at radius 3 is 2.40 bits per heavy atom. The predicted molar refractivity (Wildman–Crippen MR) is 71.8 cm³/mol. The van der Waals surface area contributed by atoms with Gasteiger partial charge in [-0.3, -0.25) is 0 Å². The van der Waals surface area contributed by atoms with Gasteiger partial charge in [0.25, 0.3) is 0 Å². The average molecular weight is 229 g/mol. The Morgan fingerprint density at radius 1 is 1.07 bits per heavy atom. The molecule has 0 aliphatic heterocycles. The summed E-state index contributed by atoms with van der Waals surface area (Å²) in [4.78, 5) is 0. The van der Waals surface area contributed by atoms with Gasteiger partial charge in [0.2, 0.25) is 0 Å². The summed E-state index contributed by atoms with van der Waals surface area (Å²) in [5, 5.41) is 3.92. The lowest BCUT2D eigenvalue weighted by molar-refractivity contribution is 1.45. The first-order valence-corrected chi connectivity index (χ1v) is 7.97. The quantitative estimate of drug-likeness (QED) is 0.548.